The van der Waals surface area contributed by atoms with Gasteiger partial charge >= 0.3 is 8.60 Å². The Kier molecular flexibility index (Phi) is 7.15. The van der Waals surface area contributed by atoms with Crippen LogP contribution in [0.5, 0.6) is 0 Å². The second-order valence-corrected chi connectivity index (χ2v) is 6.97. The molecule has 1 N–H and O–H groups in total. The number of nitrogens with zero attached hydrogens (tertiary/aromatic N) is 1. The Balaban J connectivity index is 2.12. The molecule has 0 saturated carbocycles. The highest BCUT2D eigenvalue weighted by atomic mass is 31.2. The van der Waals surface area contributed by atoms with Crippen LogP contribution in [0, 0.1) is 0 Å². The number of rotatable bonds is 10. The molecule has 0 aliphatic carbocycles. The molecule has 0 atom stereocenters. The van der Waals surface area contributed by atoms with Crippen LogP contribution >= 0.6 is 8.60 Å². The smallest absolute Gasteiger partial charge is 0.328 e. The van der Waals surface area contributed by atoms with Crippen molar-refractivity contribution in [3.05, 3.63) is 0 Å². The van der Waals surface area contributed by atoms with Crippen LogP contribution in [0.25, 0.3) is 0 Å². The standard InChI is InChI=1S/C13H30N2O3P/c1-6-16-19-17-13(2,18-19)9-7-11-15(4,5)12-8-10-14-3/h14H,6-12H2,1-5H3/q+1. The molecule has 1 saturated heterocycles. The third kappa shape index (κ3) is 6.48. The van der Waals surface area contributed by atoms with E-state index in [1.165, 1.54) is 13.0 Å². The molecule has 1 aliphatic rings. The maximum absolute atomic E-state index is 5.68. The molecule has 6 heteroatoms. The number of nitrogens with one attached hydrogen (secondary N) is 1. The Bertz CT molecular complexity index is 247. The van der Waals surface area contributed by atoms with E-state index >= 15 is 0 Å². The molecule has 19 heavy (non-hydrogen) atoms. The first-order chi connectivity index (χ1) is 8.91. The lowest BCUT2D eigenvalue weighted by Crippen LogP contribution is -2.44. The van der Waals surface area contributed by atoms with Gasteiger partial charge in [-0.3, -0.25) is 9.05 Å². The van der Waals surface area contributed by atoms with Crippen molar-refractivity contribution >= 4 is 8.60 Å². The second kappa shape index (κ2) is 7.87. The quantitative estimate of drug-likeness (QED) is 0.381. The van der Waals surface area contributed by atoms with Crippen molar-refractivity contribution in [1.82, 2.24) is 5.32 Å². The Hall–Kier alpha value is 0.230. The largest absolute Gasteiger partial charge is 0.337 e. The highest BCUT2D eigenvalue weighted by molar-refractivity contribution is 7.42. The maximum atomic E-state index is 5.68. The lowest BCUT2D eigenvalue weighted by Gasteiger charge is -2.42. The van der Waals surface area contributed by atoms with Crippen LogP contribution in [0.2, 0.25) is 0 Å². The third-order valence-corrected chi connectivity index (χ3v) is 4.89. The lowest BCUT2D eigenvalue weighted by atomic mass is 10.1. The minimum absolute atomic E-state index is 0.411. The van der Waals surface area contributed by atoms with E-state index in [4.69, 9.17) is 13.6 Å². The van der Waals surface area contributed by atoms with Crippen LogP contribution in [-0.4, -0.2) is 57.7 Å². The van der Waals surface area contributed by atoms with Crippen molar-refractivity contribution in [2.24, 2.45) is 0 Å². The molecule has 5 nitrogen and oxygen atoms in total. The molecule has 0 aromatic carbocycles. The van der Waals surface area contributed by atoms with E-state index < -0.39 is 14.4 Å². The van der Waals surface area contributed by atoms with Crippen LogP contribution in [0.3, 0.4) is 0 Å². The van der Waals surface area contributed by atoms with Crippen molar-refractivity contribution in [2.75, 3.05) is 47.4 Å². The zero-order valence-corrected chi connectivity index (χ0v) is 14.0. The molecular formula is C13H30N2O3P+. The molecule has 1 rings (SSSR count). The zero-order chi connectivity index (χ0) is 14.4. The molecule has 0 unspecified atom stereocenters. The van der Waals surface area contributed by atoms with Crippen molar-refractivity contribution in [3.63, 3.8) is 0 Å². The van der Waals surface area contributed by atoms with E-state index in [9.17, 15) is 0 Å². The summed E-state index contributed by atoms with van der Waals surface area (Å²) in [7, 11) is 5.52. The van der Waals surface area contributed by atoms with Gasteiger partial charge in [0, 0.05) is 25.8 Å². The van der Waals surface area contributed by atoms with E-state index in [1.54, 1.807) is 0 Å². The van der Waals surface area contributed by atoms with Crippen molar-refractivity contribution in [2.45, 2.75) is 38.9 Å². The second-order valence-electron chi connectivity index (χ2n) is 5.90. The average molecular weight is 293 g/mol. The first-order valence-electron chi connectivity index (χ1n) is 7.19. The van der Waals surface area contributed by atoms with Gasteiger partial charge in [0.25, 0.3) is 0 Å². The summed E-state index contributed by atoms with van der Waals surface area (Å²) in [5.41, 5.74) is 0. The minimum Gasteiger partial charge on any atom is -0.328 e. The zero-order valence-electron chi connectivity index (χ0n) is 13.1. The minimum atomic E-state index is -1.06. The lowest BCUT2D eigenvalue weighted by molar-refractivity contribution is -0.890. The van der Waals surface area contributed by atoms with Gasteiger partial charge in [0.05, 0.1) is 33.8 Å². The molecule has 0 aromatic rings. The summed E-state index contributed by atoms with van der Waals surface area (Å²) in [6, 6.07) is 0. The third-order valence-electron chi connectivity index (χ3n) is 3.35. The normalized spacial score (nSPS) is 27.3. The predicted molar refractivity (Wildman–Crippen MR) is 78.7 cm³/mol. The summed E-state index contributed by atoms with van der Waals surface area (Å²) in [5, 5.41) is 3.19. The average Bonchev–Trinajstić information content (AvgIpc) is 2.27. The molecule has 0 aromatic heterocycles. The van der Waals surface area contributed by atoms with Gasteiger partial charge in [-0.05, 0) is 20.9 Å². The van der Waals surface area contributed by atoms with E-state index in [0.29, 0.717) is 6.61 Å². The van der Waals surface area contributed by atoms with Gasteiger partial charge in [0.2, 0.25) is 0 Å². The van der Waals surface area contributed by atoms with E-state index in [2.05, 4.69) is 19.4 Å². The number of hydrogen-bond acceptors (Lipinski definition) is 4. The van der Waals surface area contributed by atoms with Crippen LogP contribution < -0.4 is 5.32 Å². The van der Waals surface area contributed by atoms with Crippen molar-refractivity contribution in [1.29, 1.82) is 0 Å². The van der Waals surface area contributed by atoms with Gasteiger partial charge in [0.1, 0.15) is 0 Å². The molecule has 0 amide bonds. The fraction of sp³-hybridized carbons (Fsp3) is 1.00. The molecule has 0 radical (unpaired) electrons. The monoisotopic (exact) mass is 293 g/mol. The molecule has 1 fully saturated rings. The Morgan fingerprint density at radius 3 is 2.42 bits per heavy atom. The van der Waals surface area contributed by atoms with Crippen molar-refractivity contribution in [3.8, 4) is 0 Å². The van der Waals surface area contributed by atoms with Crippen LogP contribution in [0.1, 0.15) is 33.1 Å². The molecule has 1 aliphatic heterocycles. The molecular weight excluding hydrogens is 263 g/mol. The van der Waals surface area contributed by atoms with Gasteiger partial charge in [-0.25, -0.2) is 0 Å². The Labute approximate surface area is 119 Å². The first kappa shape index (κ1) is 17.3. The summed E-state index contributed by atoms with van der Waals surface area (Å²) in [5.74, 6) is -0.411. The van der Waals surface area contributed by atoms with E-state index in [-0.39, 0.29) is 0 Å². The van der Waals surface area contributed by atoms with Gasteiger partial charge in [0.15, 0.2) is 5.79 Å². The summed E-state index contributed by atoms with van der Waals surface area (Å²) < 4.78 is 17.7. The summed E-state index contributed by atoms with van der Waals surface area (Å²) >= 11 is 0. The van der Waals surface area contributed by atoms with Gasteiger partial charge < -0.3 is 14.3 Å². The van der Waals surface area contributed by atoms with Crippen LogP contribution in [-0.2, 0) is 13.6 Å². The fourth-order valence-corrected chi connectivity index (χ4v) is 3.34. The molecule has 114 valence electrons. The van der Waals surface area contributed by atoms with E-state index in [1.807, 2.05) is 20.9 Å². The SMILES string of the molecule is CCOP1OC(C)(CCC[N+](C)(C)CCCNC)O1. The molecule has 0 spiro atoms. The topological polar surface area (TPSA) is 39.7 Å². The Morgan fingerprint density at radius 2 is 1.84 bits per heavy atom. The number of hydrogen-bond donors (Lipinski definition) is 1. The van der Waals surface area contributed by atoms with Gasteiger partial charge in [-0.1, -0.05) is 0 Å². The predicted octanol–water partition coefficient (Wildman–Crippen LogP) is 2.48. The molecule has 0 bridgehead atoms. The van der Waals surface area contributed by atoms with Gasteiger partial charge in [-0.2, -0.15) is 0 Å². The first-order valence-corrected chi connectivity index (χ1v) is 8.28. The van der Waals surface area contributed by atoms with Crippen LogP contribution in [0.4, 0.5) is 0 Å². The summed E-state index contributed by atoms with van der Waals surface area (Å²) in [6.45, 7) is 8.05. The van der Waals surface area contributed by atoms with Crippen molar-refractivity contribution < 1.29 is 18.1 Å². The summed E-state index contributed by atoms with van der Waals surface area (Å²) in [6.07, 6.45) is 3.26. The van der Waals surface area contributed by atoms with Gasteiger partial charge in [-0.15, -0.1) is 0 Å². The van der Waals surface area contributed by atoms with E-state index in [0.717, 1.165) is 30.4 Å². The maximum Gasteiger partial charge on any atom is 0.337 e. The highest BCUT2D eigenvalue weighted by Gasteiger charge is 2.45. The molecule has 1 heterocycles. The Morgan fingerprint density at radius 1 is 1.21 bits per heavy atom. The van der Waals surface area contributed by atoms with Crippen LogP contribution in [0.15, 0.2) is 0 Å². The number of quaternary nitrogens is 1. The highest BCUT2D eigenvalue weighted by Crippen LogP contribution is 2.59. The fourth-order valence-electron chi connectivity index (χ4n) is 2.20. The summed E-state index contributed by atoms with van der Waals surface area (Å²) in [4.78, 5) is 0.